The molecule has 0 saturated carbocycles. The number of nitrogens with zero attached hydrogens (tertiary/aromatic N) is 8. The number of hydrogen-bond donors (Lipinski definition) is 0. The summed E-state index contributed by atoms with van der Waals surface area (Å²) in [5.74, 6) is 1.22. The maximum atomic E-state index is 5.21. The van der Waals surface area contributed by atoms with Crippen LogP contribution in [-0.4, -0.2) is 39.9 Å². The van der Waals surface area contributed by atoms with Crippen LogP contribution in [0.2, 0.25) is 0 Å². The molecule has 6 heterocycles. The Labute approximate surface area is 402 Å². The third-order valence-corrected chi connectivity index (χ3v) is 12.9. The molecular weight excluding hydrogens is 857 g/mol. The maximum Gasteiger partial charge on any atom is 0.162 e. The van der Waals surface area contributed by atoms with Crippen molar-refractivity contribution in [1.29, 1.82) is 0 Å². The molecular formula is C62H38N8. The Morgan fingerprint density at radius 1 is 0.214 bits per heavy atom. The van der Waals surface area contributed by atoms with Gasteiger partial charge in [-0.1, -0.05) is 158 Å². The monoisotopic (exact) mass is 894 g/mol. The molecule has 0 radical (unpaired) electrons. The fourth-order valence-corrected chi connectivity index (χ4v) is 9.42. The van der Waals surface area contributed by atoms with Crippen molar-refractivity contribution in [3.05, 3.63) is 231 Å². The molecule has 0 aliphatic carbocycles. The summed E-state index contributed by atoms with van der Waals surface area (Å²) >= 11 is 0. The standard InChI is InChI=1S/C62H38N8/c1-9-45-13-5-33-63-57(45)49(17-1)41-25-31-44(32-26-41)54-37-53(67-61(68-54)51-19-3-11-47-15-7-35-65-59(47)51)42-27-21-39(22-28-42)40-23-29-43(30-24-40)55-38-56(50-18-2-10-46-14-6-34-64-58(46)50)70-62(69-55)52-20-4-12-48-16-8-36-66-60(48)52/h1-38H. The summed E-state index contributed by atoms with van der Waals surface area (Å²) in [7, 11) is 0. The van der Waals surface area contributed by atoms with Crippen molar-refractivity contribution in [2.75, 3.05) is 0 Å². The number of aromatic nitrogens is 8. The van der Waals surface area contributed by atoms with E-state index in [-0.39, 0.29) is 0 Å². The lowest BCUT2D eigenvalue weighted by atomic mass is 9.98. The highest BCUT2D eigenvalue weighted by Crippen LogP contribution is 2.36. The third kappa shape index (κ3) is 7.46. The van der Waals surface area contributed by atoms with Crippen molar-refractivity contribution in [2.24, 2.45) is 0 Å². The van der Waals surface area contributed by atoms with Crippen LogP contribution in [0.25, 0.3) is 134 Å². The van der Waals surface area contributed by atoms with E-state index in [4.69, 9.17) is 39.9 Å². The lowest BCUT2D eigenvalue weighted by Gasteiger charge is -2.13. The quantitative estimate of drug-likeness (QED) is 0.149. The Hall–Kier alpha value is -9.66. The van der Waals surface area contributed by atoms with Gasteiger partial charge in [0.25, 0.3) is 0 Å². The lowest BCUT2D eigenvalue weighted by molar-refractivity contribution is 1.18. The van der Waals surface area contributed by atoms with E-state index in [0.717, 1.165) is 122 Å². The van der Waals surface area contributed by atoms with Crippen LogP contribution in [0.4, 0.5) is 0 Å². The first-order valence-electron chi connectivity index (χ1n) is 23.1. The largest absolute Gasteiger partial charge is 0.256 e. The molecule has 0 saturated heterocycles. The number of para-hydroxylation sites is 4. The van der Waals surface area contributed by atoms with Crippen LogP contribution in [-0.2, 0) is 0 Å². The molecule has 0 unspecified atom stereocenters. The van der Waals surface area contributed by atoms with Gasteiger partial charge in [0.05, 0.1) is 44.8 Å². The highest BCUT2D eigenvalue weighted by atomic mass is 14.9. The third-order valence-electron chi connectivity index (χ3n) is 12.9. The smallest absolute Gasteiger partial charge is 0.162 e. The first-order valence-corrected chi connectivity index (χ1v) is 23.1. The summed E-state index contributed by atoms with van der Waals surface area (Å²) in [6.07, 6.45) is 7.30. The average molecular weight is 895 g/mol. The Morgan fingerprint density at radius 2 is 0.500 bits per heavy atom. The van der Waals surface area contributed by atoms with E-state index in [2.05, 4.69) is 158 Å². The molecule has 0 spiro atoms. The van der Waals surface area contributed by atoms with E-state index in [1.54, 1.807) is 0 Å². The molecule has 0 aliphatic rings. The van der Waals surface area contributed by atoms with Crippen LogP contribution in [0.3, 0.4) is 0 Å². The summed E-state index contributed by atoms with van der Waals surface area (Å²) in [4.78, 5) is 39.7. The van der Waals surface area contributed by atoms with Gasteiger partial charge in [-0.2, -0.15) is 0 Å². The van der Waals surface area contributed by atoms with E-state index in [1.165, 1.54) is 0 Å². The molecule has 13 rings (SSSR count). The molecule has 8 heteroatoms. The molecule has 8 nitrogen and oxygen atoms in total. The highest BCUT2D eigenvalue weighted by molar-refractivity contribution is 5.97. The van der Waals surface area contributed by atoms with Gasteiger partial charge < -0.3 is 0 Å². The molecule has 326 valence electrons. The van der Waals surface area contributed by atoms with Crippen molar-refractivity contribution in [2.45, 2.75) is 0 Å². The van der Waals surface area contributed by atoms with Crippen LogP contribution in [0.15, 0.2) is 231 Å². The van der Waals surface area contributed by atoms with Crippen molar-refractivity contribution in [3.63, 3.8) is 0 Å². The van der Waals surface area contributed by atoms with Crippen molar-refractivity contribution < 1.29 is 0 Å². The Balaban J connectivity index is 0.858. The molecule has 0 atom stereocenters. The topological polar surface area (TPSA) is 103 Å². The molecule has 0 amide bonds. The first-order chi connectivity index (χ1) is 34.7. The summed E-state index contributed by atoms with van der Waals surface area (Å²) in [5, 5.41) is 4.22. The van der Waals surface area contributed by atoms with Crippen LogP contribution >= 0.6 is 0 Å². The number of hydrogen-bond acceptors (Lipinski definition) is 8. The van der Waals surface area contributed by atoms with Gasteiger partial charge in [-0.25, -0.2) is 19.9 Å². The van der Waals surface area contributed by atoms with Crippen LogP contribution in [0.5, 0.6) is 0 Å². The lowest BCUT2D eigenvalue weighted by Crippen LogP contribution is -1.98. The Kier molecular flexibility index (Phi) is 9.98. The first kappa shape index (κ1) is 40.6. The minimum absolute atomic E-state index is 0.604. The van der Waals surface area contributed by atoms with E-state index < -0.39 is 0 Å². The fourth-order valence-electron chi connectivity index (χ4n) is 9.42. The van der Waals surface area contributed by atoms with Crippen LogP contribution in [0, 0.1) is 0 Å². The molecule has 13 aromatic rings. The molecule has 7 aromatic carbocycles. The summed E-state index contributed by atoms with van der Waals surface area (Å²) in [5.41, 5.74) is 16.8. The SMILES string of the molecule is c1cnc2c(-c3ccc(-c4cc(-c5ccc(-c6ccc(-c7cc(-c8cccc9cccnc89)nc(-c8cccc9cccnc89)n7)cc6)cc5)nc(-c5cccc6cccnc56)n4)cc3)cccc2c1. The minimum atomic E-state index is 0.604. The minimum Gasteiger partial charge on any atom is -0.256 e. The summed E-state index contributed by atoms with van der Waals surface area (Å²) in [6.45, 7) is 0. The van der Waals surface area contributed by atoms with Gasteiger partial charge in [0.15, 0.2) is 11.6 Å². The Morgan fingerprint density at radius 3 is 0.914 bits per heavy atom. The second-order valence-corrected chi connectivity index (χ2v) is 17.2. The summed E-state index contributed by atoms with van der Waals surface area (Å²) < 4.78 is 0. The molecule has 0 N–H and O–H groups in total. The van der Waals surface area contributed by atoms with Gasteiger partial charge in [0.2, 0.25) is 0 Å². The molecule has 0 bridgehead atoms. The van der Waals surface area contributed by atoms with Gasteiger partial charge in [-0.15, -0.1) is 0 Å². The van der Waals surface area contributed by atoms with Crippen LogP contribution < -0.4 is 0 Å². The van der Waals surface area contributed by atoms with Gasteiger partial charge in [0, 0.05) is 85.3 Å². The number of pyridine rings is 4. The predicted octanol–water partition coefficient (Wildman–Crippen LogP) is 14.8. The van der Waals surface area contributed by atoms with Crippen molar-refractivity contribution in [3.8, 4) is 90.1 Å². The highest BCUT2D eigenvalue weighted by Gasteiger charge is 2.18. The fraction of sp³-hybridized carbons (Fsp3) is 0. The molecule has 70 heavy (non-hydrogen) atoms. The van der Waals surface area contributed by atoms with Crippen molar-refractivity contribution in [1.82, 2.24) is 39.9 Å². The van der Waals surface area contributed by atoms with E-state index in [0.29, 0.717) is 11.6 Å². The van der Waals surface area contributed by atoms with Gasteiger partial charge in [-0.05, 0) is 65.2 Å². The predicted molar refractivity (Wildman–Crippen MR) is 282 cm³/mol. The van der Waals surface area contributed by atoms with Gasteiger partial charge in [0.1, 0.15) is 0 Å². The number of benzene rings is 7. The molecule has 0 fully saturated rings. The Bertz CT molecular complexity index is 4000. The van der Waals surface area contributed by atoms with E-state index in [9.17, 15) is 0 Å². The zero-order chi connectivity index (χ0) is 46.4. The average Bonchev–Trinajstić information content (AvgIpc) is 3.44. The van der Waals surface area contributed by atoms with Crippen LogP contribution in [0.1, 0.15) is 0 Å². The molecule has 6 aromatic heterocycles. The zero-order valence-corrected chi connectivity index (χ0v) is 37.5. The molecule has 0 aliphatic heterocycles. The van der Waals surface area contributed by atoms with Gasteiger partial charge in [-0.3, -0.25) is 19.9 Å². The van der Waals surface area contributed by atoms with Crippen molar-refractivity contribution >= 4 is 43.6 Å². The summed E-state index contributed by atoms with van der Waals surface area (Å²) in [6, 6.07) is 70.8. The normalized spacial score (nSPS) is 11.4. The van der Waals surface area contributed by atoms with E-state index >= 15 is 0 Å². The zero-order valence-electron chi connectivity index (χ0n) is 37.5. The van der Waals surface area contributed by atoms with Gasteiger partial charge >= 0.3 is 0 Å². The number of fused-ring (bicyclic) bond motifs is 4. The van der Waals surface area contributed by atoms with E-state index in [1.807, 2.05) is 73.3 Å². The second kappa shape index (κ2) is 17.2. The second-order valence-electron chi connectivity index (χ2n) is 17.2. The number of rotatable bonds is 8. The maximum absolute atomic E-state index is 5.21.